The van der Waals surface area contributed by atoms with Crippen LogP contribution in [0.2, 0.25) is 0 Å². The summed E-state index contributed by atoms with van der Waals surface area (Å²) in [5, 5.41) is 23.7. The molecule has 0 radical (unpaired) electrons. The Labute approximate surface area is 108 Å². The fourth-order valence-corrected chi connectivity index (χ4v) is 2.29. The van der Waals surface area contributed by atoms with Gasteiger partial charge in [0, 0.05) is 18.4 Å². The van der Waals surface area contributed by atoms with Gasteiger partial charge in [-0.05, 0) is 16.0 Å². The molecule has 0 saturated heterocycles. The number of aromatic nitrogens is 4. The number of amidine groups is 1. The molecule has 0 saturated carbocycles. The fourth-order valence-electron chi connectivity index (χ4n) is 1.44. The molecule has 0 spiro atoms. The van der Waals surface area contributed by atoms with Crippen molar-refractivity contribution in [3.63, 3.8) is 0 Å². The third kappa shape index (κ3) is 2.59. The zero-order chi connectivity index (χ0) is 13.0. The van der Waals surface area contributed by atoms with Crippen molar-refractivity contribution in [2.24, 2.45) is 17.9 Å². The highest BCUT2D eigenvalue weighted by atomic mass is 32.2. The van der Waals surface area contributed by atoms with Gasteiger partial charge in [-0.2, -0.15) is 0 Å². The van der Waals surface area contributed by atoms with E-state index < -0.39 is 0 Å². The number of benzene rings is 1. The third-order valence-corrected chi connectivity index (χ3v) is 3.40. The molecule has 94 valence electrons. The number of tetrazole rings is 1. The van der Waals surface area contributed by atoms with Crippen LogP contribution in [-0.2, 0) is 12.8 Å². The van der Waals surface area contributed by atoms with Crippen molar-refractivity contribution in [3.05, 3.63) is 35.4 Å². The maximum absolute atomic E-state index is 8.73. The Bertz CT molecular complexity index is 567. The largest absolute Gasteiger partial charge is 0.409 e. The Morgan fingerprint density at radius 2 is 2.28 bits per heavy atom. The van der Waals surface area contributed by atoms with Crippen LogP contribution < -0.4 is 5.73 Å². The lowest BCUT2D eigenvalue weighted by Crippen LogP contribution is -2.15. The van der Waals surface area contributed by atoms with Crippen molar-refractivity contribution >= 4 is 17.6 Å². The Balaban J connectivity index is 2.17. The second-order valence-electron chi connectivity index (χ2n) is 3.52. The van der Waals surface area contributed by atoms with Crippen molar-refractivity contribution in [1.29, 1.82) is 0 Å². The Morgan fingerprint density at radius 1 is 1.50 bits per heavy atom. The maximum atomic E-state index is 8.73. The number of oxime groups is 1. The maximum Gasteiger partial charge on any atom is 0.209 e. The minimum atomic E-state index is 0.0993. The summed E-state index contributed by atoms with van der Waals surface area (Å²) in [5.41, 5.74) is 7.29. The van der Waals surface area contributed by atoms with Gasteiger partial charge in [0.25, 0.3) is 0 Å². The summed E-state index contributed by atoms with van der Waals surface area (Å²) in [5.74, 6) is 0.739. The average molecular weight is 264 g/mol. The molecule has 3 N–H and O–H groups in total. The van der Waals surface area contributed by atoms with E-state index in [0.29, 0.717) is 16.5 Å². The molecule has 1 heterocycles. The fraction of sp³-hybridized carbons (Fsp3) is 0.200. The first kappa shape index (κ1) is 12.4. The van der Waals surface area contributed by atoms with Crippen LogP contribution in [0.3, 0.4) is 0 Å². The number of hydrogen-bond donors (Lipinski definition) is 2. The van der Waals surface area contributed by atoms with E-state index in [-0.39, 0.29) is 5.84 Å². The van der Waals surface area contributed by atoms with Crippen molar-refractivity contribution in [2.75, 3.05) is 0 Å². The number of rotatable bonds is 4. The molecule has 2 rings (SSSR count). The van der Waals surface area contributed by atoms with Crippen LogP contribution in [0.1, 0.15) is 11.1 Å². The normalized spacial score (nSPS) is 11.7. The lowest BCUT2D eigenvalue weighted by molar-refractivity contribution is 0.318. The highest BCUT2D eigenvalue weighted by Crippen LogP contribution is 2.21. The minimum Gasteiger partial charge on any atom is -0.409 e. The highest BCUT2D eigenvalue weighted by Gasteiger charge is 2.09. The van der Waals surface area contributed by atoms with Crippen LogP contribution in [0, 0.1) is 0 Å². The first-order chi connectivity index (χ1) is 8.72. The third-order valence-electron chi connectivity index (χ3n) is 2.34. The Hall–Kier alpha value is -2.09. The first-order valence-electron chi connectivity index (χ1n) is 5.13. The summed E-state index contributed by atoms with van der Waals surface area (Å²) in [4.78, 5) is 0. The van der Waals surface area contributed by atoms with Gasteiger partial charge in [-0.15, -0.1) is 5.10 Å². The Kier molecular flexibility index (Phi) is 3.78. The molecule has 2 aromatic rings. The van der Waals surface area contributed by atoms with Crippen molar-refractivity contribution in [2.45, 2.75) is 10.9 Å². The average Bonchev–Trinajstić information content (AvgIpc) is 2.81. The van der Waals surface area contributed by atoms with E-state index in [9.17, 15) is 0 Å². The van der Waals surface area contributed by atoms with Crippen LogP contribution in [0.15, 0.2) is 34.6 Å². The summed E-state index contributed by atoms with van der Waals surface area (Å²) in [6.07, 6.45) is 0. The van der Waals surface area contributed by atoms with E-state index in [2.05, 4.69) is 20.7 Å². The van der Waals surface area contributed by atoms with Crippen LogP contribution in [-0.4, -0.2) is 31.3 Å². The summed E-state index contributed by atoms with van der Waals surface area (Å²) < 4.78 is 1.59. The van der Waals surface area contributed by atoms with E-state index in [1.807, 2.05) is 18.2 Å². The molecular formula is C10H12N6OS. The van der Waals surface area contributed by atoms with Gasteiger partial charge in [-0.25, -0.2) is 4.68 Å². The van der Waals surface area contributed by atoms with Gasteiger partial charge in [0.2, 0.25) is 5.16 Å². The van der Waals surface area contributed by atoms with E-state index in [1.54, 1.807) is 17.8 Å². The topological polar surface area (TPSA) is 102 Å². The Morgan fingerprint density at radius 3 is 2.94 bits per heavy atom. The number of aryl methyl sites for hydroxylation is 1. The highest BCUT2D eigenvalue weighted by molar-refractivity contribution is 7.98. The molecule has 1 aromatic carbocycles. The van der Waals surface area contributed by atoms with Crippen molar-refractivity contribution < 1.29 is 5.21 Å². The first-order valence-corrected chi connectivity index (χ1v) is 6.12. The molecule has 0 unspecified atom stereocenters. The molecule has 0 atom stereocenters. The van der Waals surface area contributed by atoms with Crippen molar-refractivity contribution in [3.8, 4) is 0 Å². The smallest absolute Gasteiger partial charge is 0.209 e. The van der Waals surface area contributed by atoms with Gasteiger partial charge >= 0.3 is 0 Å². The summed E-state index contributed by atoms with van der Waals surface area (Å²) in [7, 11) is 1.78. The lowest BCUT2D eigenvalue weighted by atomic mass is 10.1. The second-order valence-corrected chi connectivity index (χ2v) is 4.46. The number of nitrogens with two attached hydrogens (primary N) is 1. The minimum absolute atomic E-state index is 0.0993. The molecule has 18 heavy (non-hydrogen) atoms. The SMILES string of the molecule is Cn1nnnc1SCc1ccccc1/C(N)=N/O. The van der Waals surface area contributed by atoms with Crippen molar-refractivity contribution in [1.82, 2.24) is 20.2 Å². The predicted molar refractivity (Wildman–Crippen MR) is 67.3 cm³/mol. The molecule has 0 amide bonds. The van der Waals surface area contributed by atoms with E-state index in [1.165, 1.54) is 11.8 Å². The monoisotopic (exact) mass is 264 g/mol. The number of hydrogen-bond acceptors (Lipinski definition) is 6. The van der Waals surface area contributed by atoms with Gasteiger partial charge in [0.1, 0.15) is 0 Å². The molecule has 0 fully saturated rings. The van der Waals surface area contributed by atoms with Crippen LogP contribution in [0.5, 0.6) is 0 Å². The molecule has 8 heteroatoms. The molecule has 0 aliphatic rings. The zero-order valence-electron chi connectivity index (χ0n) is 9.69. The number of nitrogens with zero attached hydrogens (tertiary/aromatic N) is 5. The quantitative estimate of drug-likeness (QED) is 0.275. The molecule has 0 aliphatic carbocycles. The summed E-state index contributed by atoms with van der Waals surface area (Å²) in [6.45, 7) is 0. The lowest BCUT2D eigenvalue weighted by Gasteiger charge is -2.06. The van der Waals surface area contributed by atoms with Gasteiger partial charge in [-0.3, -0.25) is 0 Å². The summed E-state index contributed by atoms with van der Waals surface area (Å²) >= 11 is 1.48. The molecule has 0 bridgehead atoms. The standard InChI is InChI=1S/C10H12N6OS/c1-16-10(12-14-15-16)18-6-7-4-2-3-5-8(7)9(11)13-17/h2-5,17H,6H2,1H3,(H2,11,13). The van der Waals surface area contributed by atoms with E-state index in [4.69, 9.17) is 10.9 Å². The predicted octanol–water partition coefficient (Wildman–Crippen LogP) is 0.597. The van der Waals surface area contributed by atoms with Gasteiger partial charge in [0.15, 0.2) is 5.84 Å². The second kappa shape index (κ2) is 5.50. The van der Waals surface area contributed by atoms with Crippen LogP contribution in [0.4, 0.5) is 0 Å². The molecular weight excluding hydrogens is 252 g/mol. The van der Waals surface area contributed by atoms with Gasteiger partial charge < -0.3 is 10.9 Å². The van der Waals surface area contributed by atoms with Crippen LogP contribution in [0.25, 0.3) is 0 Å². The van der Waals surface area contributed by atoms with E-state index >= 15 is 0 Å². The van der Waals surface area contributed by atoms with Crippen LogP contribution >= 0.6 is 11.8 Å². The zero-order valence-corrected chi connectivity index (χ0v) is 10.5. The van der Waals surface area contributed by atoms with E-state index in [0.717, 1.165) is 5.56 Å². The molecule has 7 nitrogen and oxygen atoms in total. The number of thioether (sulfide) groups is 1. The van der Waals surface area contributed by atoms with Gasteiger partial charge in [-0.1, -0.05) is 41.2 Å². The molecule has 0 aliphatic heterocycles. The summed E-state index contributed by atoms with van der Waals surface area (Å²) in [6, 6.07) is 7.47. The molecule has 1 aromatic heterocycles. The van der Waals surface area contributed by atoms with Gasteiger partial charge in [0.05, 0.1) is 0 Å².